The van der Waals surface area contributed by atoms with Gasteiger partial charge < -0.3 is 0 Å². The molecule has 2 aliphatic rings. The zero-order chi connectivity index (χ0) is 7.68. The number of ketones is 1. The first kappa shape index (κ1) is 7.01. The zero-order valence-electron chi connectivity index (χ0n) is 6.68. The van der Waals surface area contributed by atoms with Gasteiger partial charge in [-0.1, -0.05) is 0 Å². The first-order valence-corrected chi connectivity index (χ1v) is 4.44. The third-order valence-corrected chi connectivity index (χ3v) is 2.61. The predicted molar refractivity (Wildman–Crippen MR) is 43.9 cm³/mol. The second-order valence-corrected chi connectivity index (χ2v) is 3.39. The maximum atomic E-state index is 11.3. The molecule has 0 radical (unpaired) electrons. The van der Waals surface area contributed by atoms with Crippen molar-refractivity contribution in [1.29, 1.82) is 0 Å². The number of hydrogen-bond donors (Lipinski definition) is 0. The average molecular weight is 151 g/mol. The molecule has 60 valence electrons. The Balaban J connectivity index is 2.20. The van der Waals surface area contributed by atoms with Crippen LogP contribution < -0.4 is 0 Å². The molecule has 0 bridgehead atoms. The standard InChI is InChI=1S/C9H13NO/c11-9-5-1-4-8-7(9)3-2-6-10-8/h7H,1-6H2. The number of Topliss-reactive ketones (excluding diaryl/α,β-unsaturated/α-hetero) is 1. The fourth-order valence-electron chi connectivity index (χ4n) is 2.01. The molecule has 0 aromatic heterocycles. The lowest BCUT2D eigenvalue weighted by Gasteiger charge is -2.25. The summed E-state index contributed by atoms with van der Waals surface area (Å²) in [5.41, 5.74) is 1.20. The third-order valence-electron chi connectivity index (χ3n) is 2.61. The number of fused-ring (bicyclic) bond motifs is 1. The maximum absolute atomic E-state index is 11.3. The molecule has 0 aromatic rings. The topological polar surface area (TPSA) is 29.4 Å². The van der Waals surface area contributed by atoms with Gasteiger partial charge in [0.1, 0.15) is 5.78 Å². The molecule has 1 heterocycles. The minimum Gasteiger partial charge on any atom is -0.299 e. The Bertz CT molecular complexity index is 208. The van der Waals surface area contributed by atoms with Crippen molar-refractivity contribution in [3.8, 4) is 0 Å². The fourth-order valence-corrected chi connectivity index (χ4v) is 2.01. The van der Waals surface area contributed by atoms with Crippen LogP contribution in [-0.4, -0.2) is 18.0 Å². The number of carbonyl (C=O) groups is 1. The molecule has 2 heteroatoms. The van der Waals surface area contributed by atoms with Gasteiger partial charge in [0.2, 0.25) is 0 Å². The molecule has 0 saturated heterocycles. The van der Waals surface area contributed by atoms with Gasteiger partial charge >= 0.3 is 0 Å². The zero-order valence-corrected chi connectivity index (χ0v) is 6.68. The molecule has 0 aromatic carbocycles. The van der Waals surface area contributed by atoms with Crippen LogP contribution in [0.4, 0.5) is 0 Å². The van der Waals surface area contributed by atoms with Crippen molar-refractivity contribution in [3.05, 3.63) is 0 Å². The van der Waals surface area contributed by atoms with Crippen LogP contribution in [0.5, 0.6) is 0 Å². The van der Waals surface area contributed by atoms with Crippen LogP contribution in [0.1, 0.15) is 32.1 Å². The summed E-state index contributed by atoms with van der Waals surface area (Å²) >= 11 is 0. The molecule has 1 saturated carbocycles. The summed E-state index contributed by atoms with van der Waals surface area (Å²) in [5, 5.41) is 0. The van der Waals surface area contributed by atoms with Crippen LogP contribution in [0, 0.1) is 5.92 Å². The van der Waals surface area contributed by atoms with E-state index in [0.717, 1.165) is 38.6 Å². The van der Waals surface area contributed by atoms with Crippen LogP contribution in [-0.2, 0) is 4.79 Å². The fraction of sp³-hybridized carbons (Fsp3) is 0.778. The van der Waals surface area contributed by atoms with E-state index in [9.17, 15) is 4.79 Å². The Kier molecular flexibility index (Phi) is 1.76. The van der Waals surface area contributed by atoms with E-state index in [1.807, 2.05) is 0 Å². The molecule has 1 atom stereocenters. The molecule has 1 aliphatic heterocycles. The first-order chi connectivity index (χ1) is 5.38. The van der Waals surface area contributed by atoms with E-state index < -0.39 is 0 Å². The minimum absolute atomic E-state index is 0.234. The lowest BCUT2D eigenvalue weighted by molar-refractivity contribution is -0.121. The number of rotatable bonds is 0. The quantitative estimate of drug-likeness (QED) is 0.517. The van der Waals surface area contributed by atoms with Gasteiger partial charge in [0.05, 0.1) is 5.92 Å². The smallest absolute Gasteiger partial charge is 0.141 e. The van der Waals surface area contributed by atoms with Crippen LogP contribution in [0.15, 0.2) is 4.99 Å². The van der Waals surface area contributed by atoms with E-state index in [4.69, 9.17) is 0 Å². The summed E-state index contributed by atoms with van der Waals surface area (Å²) in [7, 11) is 0. The lowest BCUT2D eigenvalue weighted by atomic mass is 9.81. The van der Waals surface area contributed by atoms with Gasteiger partial charge in [-0.3, -0.25) is 9.79 Å². The Morgan fingerprint density at radius 1 is 1.27 bits per heavy atom. The van der Waals surface area contributed by atoms with Crippen LogP contribution in [0.2, 0.25) is 0 Å². The first-order valence-electron chi connectivity index (χ1n) is 4.44. The predicted octanol–water partition coefficient (Wildman–Crippen LogP) is 1.59. The Hall–Kier alpha value is -0.660. The van der Waals surface area contributed by atoms with E-state index >= 15 is 0 Å². The van der Waals surface area contributed by atoms with Gasteiger partial charge in [-0.25, -0.2) is 0 Å². The van der Waals surface area contributed by atoms with Crippen molar-refractivity contribution in [2.45, 2.75) is 32.1 Å². The van der Waals surface area contributed by atoms with Crippen LogP contribution >= 0.6 is 0 Å². The van der Waals surface area contributed by atoms with Gasteiger partial charge in [0.15, 0.2) is 0 Å². The highest BCUT2D eigenvalue weighted by Gasteiger charge is 2.28. The SMILES string of the molecule is O=C1CCCC2=NCCCC12. The van der Waals surface area contributed by atoms with Gasteiger partial charge in [0, 0.05) is 18.7 Å². The molecular weight excluding hydrogens is 138 g/mol. The van der Waals surface area contributed by atoms with Crippen LogP contribution in [0.25, 0.3) is 0 Å². The Morgan fingerprint density at radius 3 is 3.00 bits per heavy atom. The Labute approximate surface area is 66.7 Å². The summed E-state index contributed by atoms with van der Waals surface area (Å²) in [6.07, 6.45) is 5.09. The minimum atomic E-state index is 0.234. The molecule has 2 rings (SSSR count). The van der Waals surface area contributed by atoms with E-state index in [-0.39, 0.29) is 5.92 Å². The molecule has 2 nitrogen and oxygen atoms in total. The summed E-state index contributed by atoms with van der Waals surface area (Å²) in [4.78, 5) is 15.7. The number of aliphatic imine (C=N–C) groups is 1. The molecule has 0 amide bonds. The summed E-state index contributed by atoms with van der Waals surface area (Å²) < 4.78 is 0. The Morgan fingerprint density at radius 2 is 2.18 bits per heavy atom. The van der Waals surface area contributed by atoms with Crippen molar-refractivity contribution < 1.29 is 4.79 Å². The highest BCUT2D eigenvalue weighted by atomic mass is 16.1. The average Bonchev–Trinajstić information content (AvgIpc) is 2.06. The molecule has 1 fully saturated rings. The van der Waals surface area contributed by atoms with E-state index in [2.05, 4.69) is 4.99 Å². The maximum Gasteiger partial charge on any atom is 0.141 e. The summed E-state index contributed by atoms with van der Waals surface area (Å²) in [5.74, 6) is 0.673. The van der Waals surface area contributed by atoms with E-state index in [0.29, 0.717) is 5.78 Å². The van der Waals surface area contributed by atoms with E-state index in [1.165, 1.54) is 5.71 Å². The van der Waals surface area contributed by atoms with Crippen molar-refractivity contribution in [3.63, 3.8) is 0 Å². The summed E-state index contributed by atoms with van der Waals surface area (Å²) in [6.45, 7) is 0.957. The van der Waals surface area contributed by atoms with Gasteiger partial charge in [-0.05, 0) is 25.7 Å². The van der Waals surface area contributed by atoms with Gasteiger partial charge in [-0.2, -0.15) is 0 Å². The molecule has 0 N–H and O–H groups in total. The van der Waals surface area contributed by atoms with Gasteiger partial charge in [0.25, 0.3) is 0 Å². The normalized spacial score (nSPS) is 31.1. The monoisotopic (exact) mass is 151 g/mol. The number of hydrogen-bond acceptors (Lipinski definition) is 2. The molecule has 1 unspecified atom stereocenters. The lowest BCUT2D eigenvalue weighted by Crippen LogP contribution is -2.31. The van der Waals surface area contributed by atoms with E-state index in [1.54, 1.807) is 0 Å². The van der Waals surface area contributed by atoms with Crippen molar-refractivity contribution in [2.75, 3.05) is 6.54 Å². The second kappa shape index (κ2) is 2.76. The van der Waals surface area contributed by atoms with Crippen molar-refractivity contribution in [2.24, 2.45) is 10.9 Å². The highest BCUT2D eigenvalue weighted by molar-refractivity contribution is 6.07. The van der Waals surface area contributed by atoms with Crippen molar-refractivity contribution in [1.82, 2.24) is 0 Å². The van der Waals surface area contributed by atoms with Gasteiger partial charge in [-0.15, -0.1) is 0 Å². The molecule has 0 spiro atoms. The molecule has 1 aliphatic carbocycles. The number of carbonyl (C=O) groups excluding carboxylic acids is 1. The third kappa shape index (κ3) is 1.22. The number of nitrogens with zero attached hydrogens (tertiary/aromatic N) is 1. The highest BCUT2D eigenvalue weighted by Crippen LogP contribution is 2.25. The second-order valence-electron chi connectivity index (χ2n) is 3.39. The molecule has 11 heavy (non-hydrogen) atoms. The van der Waals surface area contributed by atoms with Crippen molar-refractivity contribution >= 4 is 11.5 Å². The van der Waals surface area contributed by atoms with Crippen LogP contribution in [0.3, 0.4) is 0 Å². The summed E-state index contributed by atoms with van der Waals surface area (Å²) in [6, 6.07) is 0. The molecular formula is C9H13NO. The largest absolute Gasteiger partial charge is 0.299 e.